The van der Waals surface area contributed by atoms with Crippen LogP contribution in [0.3, 0.4) is 0 Å². The maximum atomic E-state index is 2.69. The van der Waals surface area contributed by atoms with Crippen molar-refractivity contribution in [1.29, 1.82) is 0 Å². The molecule has 0 spiro atoms. The number of unbranched alkanes of at least 4 members (excludes halogenated alkanes) is 12. The molecule has 9 aromatic rings. The van der Waals surface area contributed by atoms with Gasteiger partial charge in [0.15, 0.2) is 0 Å². The maximum absolute atomic E-state index is 2.69. The first kappa shape index (κ1) is 79.1. The molecule has 0 unspecified atom stereocenters. The number of benzene rings is 9. The lowest BCUT2D eigenvalue weighted by Crippen LogP contribution is -2.27. The van der Waals surface area contributed by atoms with Crippen LogP contribution in [0.2, 0.25) is 0 Å². The molecule has 0 amide bonds. The van der Waals surface area contributed by atoms with Crippen LogP contribution >= 0.6 is 0 Å². The first-order valence-corrected chi connectivity index (χ1v) is 45.2. The van der Waals surface area contributed by atoms with Gasteiger partial charge >= 0.3 is 0 Å². The van der Waals surface area contributed by atoms with Crippen molar-refractivity contribution in [3.63, 3.8) is 0 Å². The molecule has 0 radical (unpaired) electrons. The molecule has 0 fully saturated rings. The summed E-state index contributed by atoms with van der Waals surface area (Å²) in [6.45, 7) is 28.2. The van der Waals surface area contributed by atoms with Gasteiger partial charge in [0.05, 0.1) is 0 Å². The van der Waals surface area contributed by atoms with Gasteiger partial charge in [-0.3, -0.25) is 0 Å². The zero-order valence-electron chi connectivity index (χ0n) is 69.8. The van der Waals surface area contributed by atoms with Gasteiger partial charge in [-0.15, -0.1) is 0 Å². The second kappa shape index (κ2) is 35.1. The average molecular weight is 1440 g/mol. The Kier molecular flexibility index (Phi) is 25.7. The third-order valence-electron chi connectivity index (χ3n) is 28.4. The zero-order valence-corrected chi connectivity index (χ0v) is 69.8. The van der Waals surface area contributed by atoms with Crippen LogP contribution in [-0.4, -0.2) is 0 Å². The van der Waals surface area contributed by atoms with Crippen LogP contribution in [0.25, 0.3) is 66.8 Å². The van der Waals surface area contributed by atoms with Crippen molar-refractivity contribution in [3.05, 3.63) is 249 Å². The molecule has 108 heavy (non-hydrogen) atoms. The van der Waals surface area contributed by atoms with Crippen molar-refractivity contribution in [1.82, 2.24) is 0 Å². The fraction of sp³-hybridized carbons (Fsp3) is 0.500. The van der Waals surface area contributed by atoms with Gasteiger partial charge in [-0.1, -0.05) is 383 Å². The summed E-state index contributed by atoms with van der Waals surface area (Å²) in [5.74, 6) is 0. The van der Waals surface area contributed by atoms with Crippen LogP contribution in [0.4, 0.5) is 0 Å². The number of rotatable bonds is 36. The van der Waals surface area contributed by atoms with Gasteiger partial charge in [0.1, 0.15) is 0 Å². The molecule has 6 aliphatic carbocycles. The molecule has 0 aliphatic heterocycles. The Bertz CT molecular complexity index is 3710. The fourth-order valence-corrected chi connectivity index (χ4v) is 22.9. The molecule has 0 nitrogen and oxygen atoms in total. The largest absolute Gasteiger partial charge is 0.0654 e. The SMILES string of the molecule is CCCCC1(CCCC)c2ccccc2-c2cc3c(cc21)-c1ccccc1C3(CCCC)CCCC.CCCCC1(CCCC)c2ccccc2-c2cc3c(cc21)-c1ccccc1C3(CCCC)CCCC.CCCCC1(CCCC)c2ccccc2-c2cc3c(cc21)-c1ccccc1C3(CCCC)CCCC. The van der Waals surface area contributed by atoms with Crippen LogP contribution in [0, 0.1) is 0 Å². The lowest BCUT2D eigenvalue weighted by atomic mass is 9.69. The Morgan fingerprint density at radius 3 is 0.361 bits per heavy atom. The maximum Gasteiger partial charge on any atom is 0.0215 e. The molecule has 0 heterocycles. The van der Waals surface area contributed by atoms with E-state index < -0.39 is 0 Å². The van der Waals surface area contributed by atoms with E-state index in [1.54, 1.807) is 100 Å². The Morgan fingerprint density at radius 1 is 0.139 bits per heavy atom. The molecule has 0 saturated carbocycles. The minimum Gasteiger partial charge on any atom is -0.0654 e. The Hall–Kier alpha value is -7.02. The van der Waals surface area contributed by atoms with Gasteiger partial charge in [-0.2, -0.15) is 0 Å². The van der Waals surface area contributed by atoms with E-state index in [-0.39, 0.29) is 32.5 Å². The molecule has 0 atom stereocenters. The highest BCUT2D eigenvalue weighted by Gasteiger charge is 2.52. The molecule has 15 rings (SSSR count). The summed E-state index contributed by atoms with van der Waals surface area (Å²) in [6.07, 6.45) is 45.9. The molecule has 0 bridgehead atoms. The average Bonchev–Trinajstić information content (AvgIpc) is 1.55. The predicted molar refractivity (Wildman–Crippen MR) is 471 cm³/mol. The summed E-state index contributed by atoms with van der Waals surface area (Å²) in [5.41, 5.74) is 38.7. The van der Waals surface area contributed by atoms with Gasteiger partial charge in [0.25, 0.3) is 0 Å². The molecule has 6 aliphatic rings. The van der Waals surface area contributed by atoms with Gasteiger partial charge in [0.2, 0.25) is 0 Å². The molecule has 0 saturated heterocycles. The van der Waals surface area contributed by atoms with E-state index in [2.05, 4.69) is 265 Å². The quantitative estimate of drug-likeness (QED) is 0.0367. The highest BCUT2D eigenvalue weighted by atomic mass is 14.5. The molecule has 9 aromatic carbocycles. The predicted octanol–water partition coefficient (Wildman–Crippen LogP) is 32.9. The van der Waals surface area contributed by atoms with E-state index >= 15 is 0 Å². The van der Waals surface area contributed by atoms with Crippen LogP contribution < -0.4 is 0 Å². The van der Waals surface area contributed by atoms with E-state index in [0.29, 0.717) is 0 Å². The summed E-state index contributed by atoms with van der Waals surface area (Å²) in [6, 6.07) is 72.7. The van der Waals surface area contributed by atoms with Crippen molar-refractivity contribution in [2.75, 3.05) is 0 Å². The summed E-state index contributed by atoms with van der Waals surface area (Å²) in [5, 5.41) is 0. The summed E-state index contributed by atoms with van der Waals surface area (Å²) in [7, 11) is 0. The van der Waals surface area contributed by atoms with Crippen molar-refractivity contribution < 1.29 is 0 Å². The molecule has 0 heteroatoms. The Labute approximate surface area is 658 Å². The molecular formula is C108H138. The third-order valence-corrected chi connectivity index (χ3v) is 28.4. The van der Waals surface area contributed by atoms with Crippen LogP contribution in [-0.2, 0) is 32.5 Å². The van der Waals surface area contributed by atoms with E-state index in [1.807, 2.05) is 0 Å². The van der Waals surface area contributed by atoms with Crippen molar-refractivity contribution in [3.8, 4) is 66.8 Å². The van der Waals surface area contributed by atoms with E-state index in [1.165, 1.54) is 265 Å². The summed E-state index contributed by atoms with van der Waals surface area (Å²) in [4.78, 5) is 0. The Balaban J connectivity index is 0.000000143. The highest BCUT2D eigenvalue weighted by molar-refractivity contribution is 5.93. The fourth-order valence-electron chi connectivity index (χ4n) is 22.9. The smallest absolute Gasteiger partial charge is 0.0215 e. The monoisotopic (exact) mass is 1440 g/mol. The minimum atomic E-state index is 0.167. The second-order valence-electron chi connectivity index (χ2n) is 34.8. The van der Waals surface area contributed by atoms with Crippen molar-refractivity contribution in [2.45, 2.75) is 347 Å². The third kappa shape index (κ3) is 13.7. The standard InChI is InChI=1S/3C36H46/c3*1-5-9-21-35(22-10-6-2)31-19-15-13-17-27(31)29-26-34-30(25-33(29)35)28-18-14-16-20-32(28)36(34,23-11-7-3)24-12-8-4/h3*13-20,25-26H,5-12,21-24H2,1-4H3. The normalized spacial score (nSPS) is 15.9. The van der Waals surface area contributed by atoms with Gasteiger partial charge < -0.3 is 0 Å². The topological polar surface area (TPSA) is 0 Å². The van der Waals surface area contributed by atoms with E-state index in [0.717, 1.165) is 0 Å². The number of hydrogen-bond acceptors (Lipinski definition) is 0. The van der Waals surface area contributed by atoms with Gasteiger partial charge in [0, 0.05) is 32.5 Å². The second-order valence-corrected chi connectivity index (χ2v) is 34.8. The zero-order chi connectivity index (χ0) is 75.5. The molecular weight excluding hydrogens is 1300 g/mol. The van der Waals surface area contributed by atoms with Gasteiger partial charge in [-0.25, -0.2) is 0 Å². The number of hydrogen-bond donors (Lipinski definition) is 0. The lowest BCUT2D eigenvalue weighted by molar-refractivity contribution is 0.410. The van der Waals surface area contributed by atoms with E-state index in [4.69, 9.17) is 0 Å². The Morgan fingerprint density at radius 2 is 0.250 bits per heavy atom. The van der Waals surface area contributed by atoms with Crippen LogP contribution in [0.15, 0.2) is 182 Å². The molecule has 0 N–H and O–H groups in total. The molecule has 0 aromatic heterocycles. The molecule has 570 valence electrons. The van der Waals surface area contributed by atoms with Gasteiger partial charge in [-0.05, 0) is 247 Å². The number of fused-ring (bicyclic) bond motifs is 18. The first-order valence-electron chi connectivity index (χ1n) is 45.2. The van der Waals surface area contributed by atoms with Crippen molar-refractivity contribution >= 4 is 0 Å². The first-order chi connectivity index (χ1) is 53.0. The van der Waals surface area contributed by atoms with Crippen molar-refractivity contribution in [2.24, 2.45) is 0 Å². The highest BCUT2D eigenvalue weighted by Crippen LogP contribution is 2.65. The summed E-state index contributed by atoms with van der Waals surface area (Å²) < 4.78 is 0. The van der Waals surface area contributed by atoms with Crippen LogP contribution in [0.1, 0.15) is 381 Å². The minimum absolute atomic E-state index is 0.167. The summed E-state index contributed by atoms with van der Waals surface area (Å²) >= 11 is 0. The van der Waals surface area contributed by atoms with E-state index in [9.17, 15) is 0 Å². The van der Waals surface area contributed by atoms with Crippen LogP contribution in [0.5, 0.6) is 0 Å². The lowest BCUT2D eigenvalue weighted by Gasteiger charge is -2.34.